The Kier molecular flexibility index (Phi) is 7.72. The van der Waals surface area contributed by atoms with Gasteiger partial charge in [0, 0.05) is 31.7 Å². The van der Waals surface area contributed by atoms with E-state index in [0.29, 0.717) is 21.7 Å². The third-order valence-corrected chi connectivity index (χ3v) is 6.77. The summed E-state index contributed by atoms with van der Waals surface area (Å²) in [6.07, 6.45) is -8.27. The Morgan fingerprint density at radius 2 is 1.68 bits per heavy atom. The number of rotatable bonds is 4. The van der Waals surface area contributed by atoms with Crippen LogP contribution in [0.5, 0.6) is 5.75 Å². The average molecular weight is 542 g/mol. The van der Waals surface area contributed by atoms with E-state index in [1.807, 2.05) is 7.05 Å². The maximum absolute atomic E-state index is 13.3. The Morgan fingerprint density at radius 1 is 1.00 bits per heavy atom. The zero-order valence-electron chi connectivity index (χ0n) is 19.5. The fourth-order valence-electron chi connectivity index (χ4n) is 3.63. The van der Waals surface area contributed by atoms with Crippen LogP contribution in [-0.4, -0.2) is 54.1 Å². The highest BCUT2D eigenvalue weighted by atomic mass is 32.2. The van der Waals surface area contributed by atoms with Crippen molar-refractivity contribution >= 4 is 28.9 Å². The van der Waals surface area contributed by atoms with Crippen LogP contribution >= 0.6 is 11.8 Å². The second kappa shape index (κ2) is 10.6. The van der Waals surface area contributed by atoms with Crippen molar-refractivity contribution < 1.29 is 35.9 Å². The van der Waals surface area contributed by atoms with Crippen molar-refractivity contribution in [3.05, 3.63) is 75.4 Å². The van der Waals surface area contributed by atoms with E-state index in [4.69, 9.17) is 4.74 Å². The van der Waals surface area contributed by atoms with Crippen LogP contribution in [0.15, 0.2) is 58.1 Å². The molecule has 0 unspecified atom stereocenters. The fourth-order valence-corrected chi connectivity index (χ4v) is 4.51. The summed E-state index contributed by atoms with van der Waals surface area (Å²) >= 11 is 1.26. The first-order chi connectivity index (χ1) is 17.4. The number of likely N-dealkylation sites (N-methyl/N-ethyl adjacent to an activating group) is 1. The normalized spacial score (nSPS) is 17.1. The molecule has 0 aliphatic carbocycles. The van der Waals surface area contributed by atoms with E-state index in [1.54, 1.807) is 18.2 Å². The maximum Gasteiger partial charge on any atom is 0.416 e. The van der Waals surface area contributed by atoms with Gasteiger partial charge in [-0.1, -0.05) is 23.9 Å². The first-order valence-electron chi connectivity index (χ1n) is 11.1. The SMILES string of the molecule is CN1CCN(C2=NC(=O)C(=C=Cc3ccc(OCc4ccc(C(F)(F)F)cc4C(F)(F)F)cc3)S2)CC1. The van der Waals surface area contributed by atoms with Crippen LogP contribution in [0.4, 0.5) is 26.3 Å². The molecule has 1 fully saturated rings. The van der Waals surface area contributed by atoms with Crippen molar-refractivity contribution in [3.63, 3.8) is 0 Å². The van der Waals surface area contributed by atoms with Crippen molar-refractivity contribution in [1.29, 1.82) is 0 Å². The van der Waals surface area contributed by atoms with Crippen molar-refractivity contribution in [2.45, 2.75) is 19.0 Å². The van der Waals surface area contributed by atoms with Crippen molar-refractivity contribution in [2.24, 2.45) is 4.99 Å². The lowest BCUT2D eigenvalue weighted by atomic mass is 10.0. The summed E-state index contributed by atoms with van der Waals surface area (Å²) in [5.74, 6) is -0.142. The van der Waals surface area contributed by atoms with E-state index in [9.17, 15) is 31.1 Å². The molecule has 2 heterocycles. The summed E-state index contributed by atoms with van der Waals surface area (Å²) in [6, 6.07) is 7.69. The van der Waals surface area contributed by atoms with Crippen molar-refractivity contribution in [1.82, 2.24) is 9.80 Å². The van der Waals surface area contributed by atoms with E-state index in [0.717, 1.165) is 32.2 Å². The highest BCUT2D eigenvalue weighted by Gasteiger charge is 2.38. The molecule has 0 bridgehead atoms. The van der Waals surface area contributed by atoms with Gasteiger partial charge in [0.25, 0.3) is 5.91 Å². The lowest BCUT2D eigenvalue weighted by Gasteiger charge is -2.32. The number of hydrogen-bond donors (Lipinski definition) is 0. The first kappa shape index (κ1) is 26.8. The minimum Gasteiger partial charge on any atom is -0.489 e. The third-order valence-electron chi connectivity index (χ3n) is 5.75. The Hall–Kier alpha value is -3.21. The van der Waals surface area contributed by atoms with Gasteiger partial charge < -0.3 is 14.5 Å². The van der Waals surface area contributed by atoms with Crippen LogP contribution in [-0.2, 0) is 23.8 Å². The quantitative estimate of drug-likeness (QED) is 0.283. The molecular formula is C25H21F6N3O2S. The number of nitrogens with zero attached hydrogens (tertiary/aromatic N) is 3. The number of aliphatic imine (C=N–C) groups is 1. The van der Waals surface area contributed by atoms with Crippen LogP contribution in [0.3, 0.4) is 0 Å². The standard InChI is InChI=1S/C25H21F6N3O2S/c1-33-10-12-34(13-11-33)23-32-22(35)21(37-23)9-4-16-2-7-19(8-3-16)36-15-17-5-6-18(24(26,27)28)14-20(17)25(29,30)31/h2-8,14H,10-13,15H2,1H3. The number of amidine groups is 1. The number of alkyl halides is 6. The highest BCUT2D eigenvalue weighted by Crippen LogP contribution is 2.37. The minimum atomic E-state index is -4.97. The first-order valence-corrected chi connectivity index (χ1v) is 11.9. The molecular weight excluding hydrogens is 520 g/mol. The van der Waals surface area contributed by atoms with Crippen LogP contribution in [0, 0.1) is 0 Å². The van der Waals surface area contributed by atoms with Crippen molar-refractivity contribution in [3.8, 4) is 5.75 Å². The molecule has 0 atom stereocenters. The van der Waals surface area contributed by atoms with E-state index in [-0.39, 0.29) is 17.7 Å². The minimum absolute atomic E-state index is 0.0846. The third kappa shape index (κ3) is 6.76. The average Bonchev–Trinajstić information content (AvgIpc) is 3.21. The zero-order chi connectivity index (χ0) is 26.8. The molecule has 196 valence electrons. The van der Waals surface area contributed by atoms with Gasteiger partial charge in [0.2, 0.25) is 0 Å². The van der Waals surface area contributed by atoms with Gasteiger partial charge in [-0.05, 0) is 54.7 Å². The fraction of sp³-hybridized carbons (Fsp3) is 0.320. The van der Waals surface area contributed by atoms with Gasteiger partial charge in [-0.25, -0.2) is 0 Å². The number of carbonyl (C=O) groups excluding carboxylic acids is 1. The molecule has 37 heavy (non-hydrogen) atoms. The molecule has 0 N–H and O–H groups in total. The number of halogens is 6. The van der Waals surface area contributed by atoms with Gasteiger partial charge >= 0.3 is 12.4 Å². The number of hydrogen-bond acceptors (Lipinski definition) is 5. The lowest BCUT2D eigenvalue weighted by molar-refractivity contribution is -0.143. The molecule has 4 rings (SSSR count). The molecule has 0 saturated carbocycles. The predicted molar refractivity (Wildman–Crippen MR) is 128 cm³/mol. The summed E-state index contributed by atoms with van der Waals surface area (Å²) in [7, 11) is 2.03. The molecule has 12 heteroatoms. The van der Waals surface area contributed by atoms with Crippen LogP contribution in [0.25, 0.3) is 6.08 Å². The van der Waals surface area contributed by atoms with E-state index >= 15 is 0 Å². The molecule has 0 radical (unpaired) electrons. The second-order valence-corrected chi connectivity index (χ2v) is 9.41. The number of amides is 1. The molecule has 2 aliphatic rings. The molecule has 2 aromatic carbocycles. The van der Waals surface area contributed by atoms with Crippen LogP contribution < -0.4 is 4.74 Å². The summed E-state index contributed by atoms with van der Waals surface area (Å²) < 4.78 is 83.8. The number of ether oxygens (including phenoxy) is 1. The number of benzene rings is 2. The van der Waals surface area contributed by atoms with Gasteiger partial charge in [-0.2, -0.15) is 31.3 Å². The van der Waals surface area contributed by atoms with Gasteiger partial charge in [-0.3, -0.25) is 4.79 Å². The molecule has 2 aromatic rings. The molecule has 0 aromatic heterocycles. The Balaban J connectivity index is 1.40. The summed E-state index contributed by atoms with van der Waals surface area (Å²) in [6.45, 7) is 2.76. The van der Waals surface area contributed by atoms with Crippen LogP contribution in [0.2, 0.25) is 0 Å². The largest absolute Gasteiger partial charge is 0.489 e. The van der Waals surface area contributed by atoms with E-state index < -0.39 is 35.6 Å². The predicted octanol–water partition coefficient (Wildman–Crippen LogP) is 5.68. The molecule has 5 nitrogen and oxygen atoms in total. The van der Waals surface area contributed by atoms with E-state index in [1.165, 1.54) is 23.9 Å². The van der Waals surface area contributed by atoms with Crippen molar-refractivity contribution in [2.75, 3.05) is 33.2 Å². The number of carbonyl (C=O) groups is 1. The molecule has 2 aliphatic heterocycles. The number of piperazine rings is 1. The lowest BCUT2D eigenvalue weighted by Crippen LogP contribution is -2.46. The maximum atomic E-state index is 13.3. The second-order valence-electron chi connectivity index (χ2n) is 8.43. The van der Waals surface area contributed by atoms with E-state index in [2.05, 4.69) is 20.5 Å². The Labute approximate surface area is 213 Å². The molecule has 1 amide bonds. The summed E-state index contributed by atoms with van der Waals surface area (Å²) in [5.41, 5.74) is 0.406. The monoisotopic (exact) mass is 541 g/mol. The summed E-state index contributed by atoms with van der Waals surface area (Å²) in [4.78, 5) is 21.0. The smallest absolute Gasteiger partial charge is 0.416 e. The Morgan fingerprint density at radius 3 is 2.30 bits per heavy atom. The Bertz CT molecular complexity index is 1260. The molecule has 0 spiro atoms. The highest BCUT2D eigenvalue weighted by molar-refractivity contribution is 8.18. The molecule has 1 saturated heterocycles. The topological polar surface area (TPSA) is 45.1 Å². The van der Waals surface area contributed by atoms with Gasteiger partial charge in [0.1, 0.15) is 17.3 Å². The zero-order valence-corrected chi connectivity index (χ0v) is 20.3. The van der Waals surface area contributed by atoms with Gasteiger partial charge in [-0.15, -0.1) is 0 Å². The van der Waals surface area contributed by atoms with Gasteiger partial charge in [0.05, 0.1) is 11.1 Å². The number of thioether (sulfide) groups is 1. The van der Waals surface area contributed by atoms with Crippen LogP contribution in [0.1, 0.15) is 22.3 Å². The van der Waals surface area contributed by atoms with Gasteiger partial charge in [0.15, 0.2) is 5.17 Å². The summed E-state index contributed by atoms with van der Waals surface area (Å²) in [5, 5.41) is 0.652.